The Balaban J connectivity index is 2.15. The van der Waals surface area contributed by atoms with Gasteiger partial charge in [0.25, 0.3) is 0 Å². The number of fused-ring (bicyclic) bond motifs is 1. The van der Waals surface area contributed by atoms with Crippen LogP contribution in [0, 0.1) is 0 Å². The first-order valence-corrected chi connectivity index (χ1v) is 5.68. The predicted molar refractivity (Wildman–Crippen MR) is 70.3 cm³/mol. The van der Waals surface area contributed by atoms with Crippen molar-refractivity contribution in [3.05, 3.63) is 58.5 Å². The van der Waals surface area contributed by atoms with Gasteiger partial charge in [-0.2, -0.15) is 0 Å². The third-order valence-electron chi connectivity index (χ3n) is 2.96. The average Bonchev–Trinajstić information content (AvgIpc) is 2.77. The maximum atomic E-state index is 11.2. The van der Waals surface area contributed by atoms with Crippen LogP contribution in [0.2, 0.25) is 0 Å². The maximum absolute atomic E-state index is 11.2. The van der Waals surface area contributed by atoms with Gasteiger partial charge in [0.05, 0.1) is 17.6 Å². The standard InChI is InChI=1S/C14H12N2O2/c17-8-9-2-1-3-10(6-9)11-4-5-12-13(7-11)16-14(18)15-12/h1-7,17H,8H2,(H2,15,16,18). The second-order valence-electron chi connectivity index (χ2n) is 4.20. The van der Waals surface area contributed by atoms with Gasteiger partial charge in [-0.05, 0) is 34.9 Å². The van der Waals surface area contributed by atoms with Crippen molar-refractivity contribution in [3.63, 3.8) is 0 Å². The Bertz CT molecular complexity index is 756. The van der Waals surface area contributed by atoms with Gasteiger partial charge in [0.2, 0.25) is 0 Å². The molecule has 0 amide bonds. The summed E-state index contributed by atoms with van der Waals surface area (Å²) in [5.41, 5.74) is 4.27. The second-order valence-corrected chi connectivity index (χ2v) is 4.20. The molecule has 0 atom stereocenters. The summed E-state index contributed by atoms with van der Waals surface area (Å²) in [6, 6.07) is 13.4. The molecule has 0 saturated heterocycles. The number of aromatic nitrogens is 2. The molecule has 0 saturated carbocycles. The molecule has 0 unspecified atom stereocenters. The van der Waals surface area contributed by atoms with Crippen molar-refractivity contribution in [2.75, 3.05) is 0 Å². The first-order chi connectivity index (χ1) is 8.76. The molecule has 0 spiro atoms. The molecule has 1 aromatic heterocycles. The number of hydrogen-bond acceptors (Lipinski definition) is 2. The number of H-pyrrole nitrogens is 2. The van der Waals surface area contributed by atoms with Crippen molar-refractivity contribution in [3.8, 4) is 11.1 Å². The summed E-state index contributed by atoms with van der Waals surface area (Å²) in [4.78, 5) is 16.6. The van der Waals surface area contributed by atoms with Gasteiger partial charge in [-0.25, -0.2) is 4.79 Å². The summed E-state index contributed by atoms with van der Waals surface area (Å²) in [6.45, 7) is 0.0249. The molecule has 0 aliphatic carbocycles. The van der Waals surface area contributed by atoms with Gasteiger partial charge in [-0.15, -0.1) is 0 Å². The summed E-state index contributed by atoms with van der Waals surface area (Å²) in [6.07, 6.45) is 0. The predicted octanol–water partition coefficient (Wildman–Crippen LogP) is 2.02. The molecule has 4 heteroatoms. The maximum Gasteiger partial charge on any atom is 0.323 e. The highest BCUT2D eigenvalue weighted by Gasteiger charge is 2.02. The zero-order valence-electron chi connectivity index (χ0n) is 9.60. The van der Waals surface area contributed by atoms with Crippen LogP contribution in [0.25, 0.3) is 22.2 Å². The highest BCUT2D eigenvalue weighted by atomic mass is 16.3. The van der Waals surface area contributed by atoms with Gasteiger partial charge < -0.3 is 15.1 Å². The molecule has 18 heavy (non-hydrogen) atoms. The van der Waals surface area contributed by atoms with Crippen LogP contribution in [0.3, 0.4) is 0 Å². The Morgan fingerprint density at radius 1 is 0.944 bits per heavy atom. The number of hydrogen-bond donors (Lipinski definition) is 3. The Kier molecular flexibility index (Phi) is 2.50. The Morgan fingerprint density at radius 3 is 2.56 bits per heavy atom. The average molecular weight is 240 g/mol. The summed E-state index contributed by atoms with van der Waals surface area (Å²) < 4.78 is 0. The fourth-order valence-electron chi connectivity index (χ4n) is 2.06. The molecule has 2 aromatic carbocycles. The zero-order chi connectivity index (χ0) is 12.5. The lowest BCUT2D eigenvalue weighted by molar-refractivity contribution is 0.282. The minimum Gasteiger partial charge on any atom is -0.392 e. The molecule has 0 bridgehead atoms. The van der Waals surface area contributed by atoms with Crippen LogP contribution in [0.15, 0.2) is 47.3 Å². The molecule has 0 aliphatic rings. The van der Waals surface area contributed by atoms with Crippen LogP contribution in [0.5, 0.6) is 0 Å². The van der Waals surface area contributed by atoms with Gasteiger partial charge in [0.15, 0.2) is 0 Å². The van der Waals surface area contributed by atoms with E-state index in [1.54, 1.807) is 0 Å². The van der Waals surface area contributed by atoms with E-state index < -0.39 is 0 Å². The second kappa shape index (κ2) is 4.16. The monoisotopic (exact) mass is 240 g/mol. The number of aliphatic hydroxyl groups is 1. The topological polar surface area (TPSA) is 68.9 Å². The summed E-state index contributed by atoms with van der Waals surface area (Å²) >= 11 is 0. The fourth-order valence-corrected chi connectivity index (χ4v) is 2.06. The largest absolute Gasteiger partial charge is 0.392 e. The zero-order valence-corrected chi connectivity index (χ0v) is 9.60. The molecule has 90 valence electrons. The van der Waals surface area contributed by atoms with Crippen molar-refractivity contribution in [2.45, 2.75) is 6.61 Å². The van der Waals surface area contributed by atoms with E-state index in [2.05, 4.69) is 9.97 Å². The smallest absolute Gasteiger partial charge is 0.323 e. The summed E-state index contributed by atoms with van der Waals surface area (Å²) in [5.74, 6) is 0. The van der Waals surface area contributed by atoms with Crippen LogP contribution in [0.1, 0.15) is 5.56 Å². The van der Waals surface area contributed by atoms with Crippen molar-refractivity contribution < 1.29 is 5.11 Å². The van der Waals surface area contributed by atoms with Gasteiger partial charge in [-0.1, -0.05) is 24.3 Å². The minimum atomic E-state index is -0.203. The van der Waals surface area contributed by atoms with Crippen molar-refractivity contribution >= 4 is 11.0 Å². The number of aliphatic hydroxyl groups excluding tert-OH is 1. The van der Waals surface area contributed by atoms with Crippen LogP contribution in [-0.4, -0.2) is 15.1 Å². The first kappa shape index (κ1) is 10.8. The van der Waals surface area contributed by atoms with E-state index in [-0.39, 0.29) is 12.3 Å². The van der Waals surface area contributed by atoms with E-state index in [4.69, 9.17) is 5.11 Å². The third-order valence-corrected chi connectivity index (χ3v) is 2.96. The molecule has 0 radical (unpaired) electrons. The Morgan fingerprint density at radius 2 is 1.72 bits per heavy atom. The lowest BCUT2D eigenvalue weighted by atomic mass is 10.0. The van der Waals surface area contributed by atoms with Gasteiger partial charge >= 0.3 is 5.69 Å². The Hall–Kier alpha value is -2.33. The number of rotatable bonds is 2. The number of benzene rings is 2. The van der Waals surface area contributed by atoms with Crippen LogP contribution < -0.4 is 5.69 Å². The lowest BCUT2D eigenvalue weighted by Crippen LogP contribution is -1.99. The molecule has 0 fully saturated rings. The highest BCUT2D eigenvalue weighted by molar-refractivity contribution is 5.81. The Labute approximate surface area is 103 Å². The van der Waals surface area contributed by atoms with Gasteiger partial charge in [-0.3, -0.25) is 0 Å². The summed E-state index contributed by atoms with van der Waals surface area (Å²) in [7, 11) is 0. The number of aromatic amines is 2. The normalized spacial score (nSPS) is 10.9. The fraction of sp³-hybridized carbons (Fsp3) is 0.0714. The van der Waals surface area contributed by atoms with E-state index in [0.717, 1.165) is 27.7 Å². The van der Waals surface area contributed by atoms with Crippen molar-refractivity contribution in [1.82, 2.24) is 9.97 Å². The van der Waals surface area contributed by atoms with Crippen molar-refractivity contribution in [2.24, 2.45) is 0 Å². The van der Waals surface area contributed by atoms with E-state index in [0.29, 0.717) is 0 Å². The lowest BCUT2D eigenvalue weighted by Gasteiger charge is -2.03. The van der Waals surface area contributed by atoms with Crippen molar-refractivity contribution in [1.29, 1.82) is 0 Å². The third kappa shape index (κ3) is 1.83. The molecule has 4 nitrogen and oxygen atoms in total. The molecule has 3 rings (SSSR count). The van der Waals surface area contributed by atoms with Crippen LogP contribution >= 0.6 is 0 Å². The molecule has 0 aliphatic heterocycles. The molecular weight excluding hydrogens is 228 g/mol. The van der Waals surface area contributed by atoms with E-state index in [1.807, 2.05) is 42.5 Å². The van der Waals surface area contributed by atoms with E-state index in [1.165, 1.54) is 0 Å². The number of imidazole rings is 1. The van der Waals surface area contributed by atoms with Crippen LogP contribution in [-0.2, 0) is 6.61 Å². The molecule has 3 N–H and O–H groups in total. The van der Waals surface area contributed by atoms with E-state index >= 15 is 0 Å². The first-order valence-electron chi connectivity index (χ1n) is 5.68. The number of nitrogens with one attached hydrogen (secondary N) is 2. The van der Waals surface area contributed by atoms with E-state index in [9.17, 15) is 4.79 Å². The highest BCUT2D eigenvalue weighted by Crippen LogP contribution is 2.23. The van der Waals surface area contributed by atoms with Crippen LogP contribution in [0.4, 0.5) is 0 Å². The molecule has 3 aromatic rings. The SMILES string of the molecule is O=c1[nH]c2ccc(-c3cccc(CO)c3)cc2[nH]1. The molecular formula is C14H12N2O2. The molecule has 1 heterocycles. The quantitative estimate of drug-likeness (QED) is 0.641. The van der Waals surface area contributed by atoms with Gasteiger partial charge in [0, 0.05) is 0 Å². The minimum absolute atomic E-state index is 0.0249. The van der Waals surface area contributed by atoms with Gasteiger partial charge in [0.1, 0.15) is 0 Å². The summed E-state index contributed by atoms with van der Waals surface area (Å²) in [5, 5.41) is 9.13.